The molecule has 2 rings (SSSR count). The average molecular weight is 180 g/mol. The average Bonchev–Trinajstić information content (AvgIpc) is 2.58. The third kappa shape index (κ3) is 1.57. The molecule has 0 saturated carbocycles. The van der Waals surface area contributed by atoms with Crippen LogP contribution in [0, 0.1) is 0 Å². The Morgan fingerprint density at radius 3 is 3.00 bits per heavy atom. The van der Waals surface area contributed by atoms with Gasteiger partial charge in [-0.15, -0.1) is 23.1 Å². The molecule has 0 N–H and O–H groups in total. The number of rotatable bonds is 1. The van der Waals surface area contributed by atoms with Gasteiger partial charge in [0.15, 0.2) is 0 Å². The molecule has 0 amide bonds. The van der Waals surface area contributed by atoms with Gasteiger partial charge in [0, 0.05) is 15.5 Å². The van der Waals surface area contributed by atoms with E-state index in [1.165, 1.54) is 9.78 Å². The van der Waals surface area contributed by atoms with Gasteiger partial charge in [-0.2, -0.15) is 0 Å². The van der Waals surface area contributed by atoms with Gasteiger partial charge in [-0.25, -0.2) is 0 Å². The van der Waals surface area contributed by atoms with Crippen molar-refractivity contribution < 1.29 is 0 Å². The zero-order valence-electron chi connectivity index (χ0n) is 5.99. The Kier molecular flexibility index (Phi) is 2.15. The largest absolute Gasteiger partial charge is 0.143 e. The molecular weight excluding hydrogens is 172 g/mol. The zero-order chi connectivity index (χ0) is 7.52. The first-order valence-electron chi connectivity index (χ1n) is 3.50. The van der Waals surface area contributed by atoms with E-state index in [0.717, 1.165) is 5.75 Å². The number of allylic oxidation sites excluding steroid dienone is 2. The highest BCUT2D eigenvalue weighted by atomic mass is 32.2. The third-order valence-electron chi connectivity index (χ3n) is 1.48. The number of thiophene rings is 1. The van der Waals surface area contributed by atoms with Crippen molar-refractivity contribution in [3.63, 3.8) is 0 Å². The summed E-state index contributed by atoms with van der Waals surface area (Å²) in [6.45, 7) is 0. The minimum atomic E-state index is 1.11. The van der Waals surface area contributed by atoms with Crippen LogP contribution < -0.4 is 0 Å². The molecule has 56 valence electrons. The highest BCUT2D eigenvalue weighted by Gasteiger charge is 2.03. The van der Waals surface area contributed by atoms with Gasteiger partial charge in [0.2, 0.25) is 0 Å². The second-order valence-corrected chi connectivity index (χ2v) is 4.26. The fourth-order valence-corrected chi connectivity index (χ4v) is 2.71. The van der Waals surface area contributed by atoms with Crippen LogP contribution in [0.25, 0.3) is 4.91 Å². The van der Waals surface area contributed by atoms with Crippen molar-refractivity contribution in [1.82, 2.24) is 0 Å². The Balaban J connectivity index is 2.29. The van der Waals surface area contributed by atoms with Gasteiger partial charge in [-0.1, -0.05) is 18.2 Å². The molecule has 1 aromatic rings. The third-order valence-corrected chi connectivity index (χ3v) is 3.54. The molecule has 0 radical (unpaired) electrons. The van der Waals surface area contributed by atoms with Crippen LogP contribution in [0.5, 0.6) is 0 Å². The van der Waals surface area contributed by atoms with Crippen molar-refractivity contribution in [2.45, 2.75) is 0 Å². The molecule has 0 bridgehead atoms. The van der Waals surface area contributed by atoms with Crippen LogP contribution in [0.1, 0.15) is 4.88 Å². The van der Waals surface area contributed by atoms with E-state index in [1.807, 2.05) is 11.8 Å². The van der Waals surface area contributed by atoms with Crippen LogP contribution >= 0.6 is 23.1 Å². The smallest absolute Gasteiger partial charge is 0.0406 e. The standard InChI is InChI=1S/C9H8S2/c1-2-6-10-8(4-1)9-5-3-7-11-9/h1-5,7H,6H2. The van der Waals surface area contributed by atoms with E-state index < -0.39 is 0 Å². The van der Waals surface area contributed by atoms with Crippen LogP contribution in [0.4, 0.5) is 0 Å². The van der Waals surface area contributed by atoms with Gasteiger partial charge in [0.05, 0.1) is 0 Å². The summed E-state index contributed by atoms with van der Waals surface area (Å²) in [5.74, 6) is 1.11. The molecule has 0 atom stereocenters. The molecule has 0 aromatic carbocycles. The van der Waals surface area contributed by atoms with E-state index in [2.05, 4.69) is 35.7 Å². The maximum atomic E-state index is 2.18. The predicted molar refractivity (Wildman–Crippen MR) is 53.9 cm³/mol. The fraction of sp³-hybridized carbons (Fsp3) is 0.111. The lowest BCUT2D eigenvalue weighted by atomic mass is 10.4. The first-order valence-corrected chi connectivity index (χ1v) is 5.37. The Morgan fingerprint density at radius 2 is 2.36 bits per heavy atom. The second kappa shape index (κ2) is 3.28. The molecule has 2 heterocycles. The van der Waals surface area contributed by atoms with E-state index in [1.54, 1.807) is 11.3 Å². The van der Waals surface area contributed by atoms with E-state index in [9.17, 15) is 0 Å². The van der Waals surface area contributed by atoms with E-state index in [4.69, 9.17) is 0 Å². The van der Waals surface area contributed by atoms with Gasteiger partial charge in [-0.05, 0) is 17.5 Å². The molecule has 11 heavy (non-hydrogen) atoms. The van der Waals surface area contributed by atoms with E-state index in [-0.39, 0.29) is 0 Å². The summed E-state index contributed by atoms with van der Waals surface area (Å²) in [5.41, 5.74) is 0. The molecule has 0 nitrogen and oxygen atoms in total. The minimum Gasteiger partial charge on any atom is -0.143 e. The predicted octanol–water partition coefficient (Wildman–Crippen LogP) is 3.39. The van der Waals surface area contributed by atoms with Gasteiger partial charge < -0.3 is 0 Å². The quantitative estimate of drug-likeness (QED) is 0.638. The summed E-state index contributed by atoms with van der Waals surface area (Å²) in [5, 5.41) is 2.12. The van der Waals surface area contributed by atoms with Crippen molar-refractivity contribution in [2.24, 2.45) is 0 Å². The fourth-order valence-electron chi connectivity index (χ4n) is 0.969. The second-order valence-electron chi connectivity index (χ2n) is 2.25. The molecule has 0 aliphatic carbocycles. The lowest BCUT2D eigenvalue weighted by Crippen LogP contribution is -1.80. The van der Waals surface area contributed by atoms with Crippen molar-refractivity contribution in [3.05, 3.63) is 40.6 Å². The number of hydrogen-bond acceptors (Lipinski definition) is 2. The molecule has 2 heteroatoms. The summed E-state index contributed by atoms with van der Waals surface area (Å²) >= 11 is 3.71. The molecule has 0 unspecified atom stereocenters. The summed E-state index contributed by atoms with van der Waals surface area (Å²) in [6, 6.07) is 4.27. The van der Waals surface area contributed by atoms with Crippen LogP contribution in [0.15, 0.2) is 35.7 Å². The maximum absolute atomic E-state index is 2.18. The van der Waals surface area contributed by atoms with Gasteiger partial charge in [0.25, 0.3) is 0 Å². The molecule has 0 spiro atoms. The lowest BCUT2D eigenvalue weighted by molar-refractivity contribution is 1.74. The summed E-state index contributed by atoms with van der Waals surface area (Å²) in [4.78, 5) is 2.79. The molecule has 0 saturated heterocycles. The van der Waals surface area contributed by atoms with Crippen LogP contribution in [-0.4, -0.2) is 5.75 Å². The summed E-state index contributed by atoms with van der Waals surface area (Å²) in [7, 11) is 0. The zero-order valence-corrected chi connectivity index (χ0v) is 7.62. The Morgan fingerprint density at radius 1 is 1.36 bits per heavy atom. The van der Waals surface area contributed by atoms with Gasteiger partial charge in [-0.3, -0.25) is 0 Å². The summed E-state index contributed by atoms with van der Waals surface area (Å²) in [6.07, 6.45) is 6.49. The van der Waals surface area contributed by atoms with E-state index in [0.29, 0.717) is 0 Å². The van der Waals surface area contributed by atoms with Crippen LogP contribution in [0.2, 0.25) is 0 Å². The number of hydrogen-bond donors (Lipinski definition) is 0. The van der Waals surface area contributed by atoms with Gasteiger partial charge >= 0.3 is 0 Å². The van der Waals surface area contributed by atoms with Crippen molar-refractivity contribution in [1.29, 1.82) is 0 Å². The Labute approximate surface area is 74.6 Å². The highest BCUT2D eigenvalue weighted by Crippen LogP contribution is 2.32. The maximum Gasteiger partial charge on any atom is 0.0406 e. The molecule has 1 aliphatic rings. The first-order chi connectivity index (χ1) is 5.47. The minimum absolute atomic E-state index is 1.11. The van der Waals surface area contributed by atoms with Crippen molar-refractivity contribution >= 4 is 28.0 Å². The molecule has 0 fully saturated rings. The topological polar surface area (TPSA) is 0 Å². The number of thioether (sulfide) groups is 1. The Bertz CT molecular complexity index is 281. The Hall–Kier alpha value is -0.470. The van der Waals surface area contributed by atoms with Crippen LogP contribution in [0.3, 0.4) is 0 Å². The van der Waals surface area contributed by atoms with Crippen molar-refractivity contribution in [2.75, 3.05) is 5.75 Å². The summed E-state index contributed by atoms with van der Waals surface area (Å²) < 4.78 is 0. The molecular formula is C9H8S2. The first kappa shape index (κ1) is 7.19. The SMILES string of the molecule is C1=CCSC(c2cccs2)=C1. The van der Waals surface area contributed by atoms with E-state index >= 15 is 0 Å². The molecule has 1 aromatic heterocycles. The highest BCUT2D eigenvalue weighted by molar-refractivity contribution is 8.08. The van der Waals surface area contributed by atoms with Crippen molar-refractivity contribution in [3.8, 4) is 0 Å². The lowest BCUT2D eigenvalue weighted by Gasteiger charge is -2.04. The van der Waals surface area contributed by atoms with Crippen LogP contribution in [-0.2, 0) is 0 Å². The normalized spacial score (nSPS) is 16.5. The van der Waals surface area contributed by atoms with Gasteiger partial charge in [0.1, 0.15) is 0 Å². The monoisotopic (exact) mass is 180 g/mol. The molecule has 1 aliphatic heterocycles.